The average Bonchev–Trinajstić information content (AvgIpc) is 3.20. The van der Waals surface area contributed by atoms with E-state index in [-0.39, 0.29) is 36.1 Å². The van der Waals surface area contributed by atoms with Crippen molar-refractivity contribution < 1.29 is 28.3 Å². The van der Waals surface area contributed by atoms with Crippen LogP contribution >= 0.6 is 0 Å². The van der Waals surface area contributed by atoms with Crippen molar-refractivity contribution >= 4 is 11.6 Å². The highest BCUT2D eigenvalue weighted by Gasteiger charge is 2.26. The van der Waals surface area contributed by atoms with Gasteiger partial charge in [0, 0.05) is 24.4 Å². The van der Waals surface area contributed by atoms with Gasteiger partial charge in [-0.05, 0) is 38.1 Å². The van der Waals surface area contributed by atoms with Crippen molar-refractivity contribution in [3.8, 4) is 17.2 Å². The lowest BCUT2D eigenvalue weighted by atomic mass is 10.1. The van der Waals surface area contributed by atoms with E-state index in [1.807, 2.05) is 6.92 Å². The predicted molar refractivity (Wildman–Crippen MR) is 121 cm³/mol. The third kappa shape index (κ3) is 5.31. The van der Waals surface area contributed by atoms with Crippen LogP contribution in [0.4, 0.5) is 10.1 Å². The molecule has 1 unspecified atom stereocenters. The SMILES string of the molecule is COCCOc1cc([N+](=O)[O-])c(C(=O)NC(C)c2cnn(-c3ccc(F)cc3)c2C)cc1OC. The summed E-state index contributed by atoms with van der Waals surface area (Å²) in [6.07, 6.45) is 1.59. The van der Waals surface area contributed by atoms with E-state index >= 15 is 0 Å². The molecule has 1 heterocycles. The number of nitrogens with zero attached hydrogens (tertiary/aromatic N) is 3. The Hall–Kier alpha value is -3.99. The average molecular weight is 472 g/mol. The Morgan fingerprint density at radius 3 is 2.53 bits per heavy atom. The van der Waals surface area contributed by atoms with Crippen LogP contribution in [0.3, 0.4) is 0 Å². The highest BCUT2D eigenvalue weighted by atomic mass is 19.1. The molecule has 1 atom stereocenters. The van der Waals surface area contributed by atoms with Crippen LogP contribution in [0.15, 0.2) is 42.6 Å². The fraction of sp³-hybridized carbons (Fsp3) is 0.304. The van der Waals surface area contributed by atoms with E-state index in [4.69, 9.17) is 14.2 Å². The summed E-state index contributed by atoms with van der Waals surface area (Å²) in [5, 5.41) is 18.8. The highest BCUT2D eigenvalue weighted by molar-refractivity contribution is 5.99. The Balaban J connectivity index is 1.86. The van der Waals surface area contributed by atoms with Crippen molar-refractivity contribution in [1.29, 1.82) is 0 Å². The number of carbonyl (C=O) groups excluding carboxylic acids is 1. The van der Waals surface area contributed by atoms with Crippen LogP contribution in [0, 0.1) is 22.9 Å². The van der Waals surface area contributed by atoms with E-state index in [9.17, 15) is 19.3 Å². The summed E-state index contributed by atoms with van der Waals surface area (Å²) >= 11 is 0. The topological polar surface area (TPSA) is 118 Å². The second-order valence-corrected chi connectivity index (χ2v) is 7.39. The van der Waals surface area contributed by atoms with E-state index in [1.165, 1.54) is 32.4 Å². The van der Waals surface area contributed by atoms with Gasteiger partial charge in [-0.3, -0.25) is 14.9 Å². The first-order valence-electron chi connectivity index (χ1n) is 10.4. The number of carbonyl (C=O) groups is 1. The summed E-state index contributed by atoms with van der Waals surface area (Å²) in [5.41, 5.74) is 1.50. The van der Waals surface area contributed by atoms with E-state index in [2.05, 4.69) is 10.4 Å². The smallest absolute Gasteiger partial charge is 0.286 e. The molecule has 0 aliphatic heterocycles. The van der Waals surface area contributed by atoms with Gasteiger partial charge in [-0.25, -0.2) is 9.07 Å². The third-order valence-electron chi connectivity index (χ3n) is 5.20. The summed E-state index contributed by atoms with van der Waals surface area (Å²) in [7, 11) is 2.88. The molecule has 0 aliphatic rings. The van der Waals surface area contributed by atoms with Gasteiger partial charge in [-0.2, -0.15) is 5.10 Å². The van der Waals surface area contributed by atoms with Crippen LogP contribution in [0.5, 0.6) is 11.5 Å². The molecule has 1 N–H and O–H groups in total. The van der Waals surface area contributed by atoms with E-state index in [1.54, 1.807) is 29.9 Å². The molecule has 1 amide bonds. The van der Waals surface area contributed by atoms with E-state index in [0.717, 1.165) is 11.8 Å². The molecule has 0 spiro atoms. The van der Waals surface area contributed by atoms with Gasteiger partial charge in [0.2, 0.25) is 0 Å². The highest BCUT2D eigenvalue weighted by Crippen LogP contribution is 2.35. The molecule has 0 saturated heterocycles. The first-order chi connectivity index (χ1) is 16.3. The summed E-state index contributed by atoms with van der Waals surface area (Å²) < 4.78 is 30.5. The normalized spacial score (nSPS) is 11.7. The molecule has 3 rings (SSSR count). The number of amides is 1. The molecule has 1 aromatic heterocycles. The Morgan fingerprint density at radius 2 is 1.91 bits per heavy atom. The number of aromatic nitrogens is 2. The molecule has 0 saturated carbocycles. The lowest BCUT2D eigenvalue weighted by Crippen LogP contribution is -2.27. The standard InChI is InChI=1S/C23H25FN4O6/c1-14(19-13-25-27(15(19)2)17-7-5-16(24)6-8-17)26-23(29)18-11-21(33-4)22(34-10-9-32-3)12-20(18)28(30)31/h5-8,11-14H,9-10H2,1-4H3,(H,26,29). The molecule has 11 heteroatoms. The lowest BCUT2D eigenvalue weighted by Gasteiger charge is -2.16. The first-order valence-corrected chi connectivity index (χ1v) is 10.4. The Kier molecular flexibility index (Phi) is 7.79. The van der Waals surface area contributed by atoms with Gasteiger partial charge in [0.25, 0.3) is 11.6 Å². The Morgan fingerprint density at radius 1 is 1.21 bits per heavy atom. The molecule has 34 heavy (non-hydrogen) atoms. The van der Waals surface area contributed by atoms with Crippen LogP contribution < -0.4 is 14.8 Å². The number of nitro groups is 1. The van der Waals surface area contributed by atoms with Gasteiger partial charge < -0.3 is 19.5 Å². The largest absolute Gasteiger partial charge is 0.493 e. The van der Waals surface area contributed by atoms with Gasteiger partial charge >= 0.3 is 0 Å². The van der Waals surface area contributed by atoms with Crippen LogP contribution in [0.2, 0.25) is 0 Å². The maximum absolute atomic E-state index is 13.2. The van der Waals surface area contributed by atoms with Crippen LogP contribution in [-0.4, -0.2) is 48.0 Å². The van der Waals surface area contributed by atoms with Gasteiger partial charge in [0.1, 0.15) is 18.0 Å². The fourth-order valence-electron chi connectivity index (χ4n) is 3.43. The Bertz CT molecular complexity index is 1180. The van der Waals surface area contributed by atoms with Gasteiger partial charge in [-0.15, -0.1) is 0 Å². The zero-order valence-corrected chi connectivity index (χ0v) is 19.2. The summed E-state index contributed by atoms with van der Waals surface area (Å²) in [5.74, 6) is -0.705. The maximum Gasteiger partial charge on any atom is 0.286 e. The molecule has 0 bridgehead atoms. The van der Waals surface area contributed by atoms with Crippen molar-refractivity contribution in [1.82, 2.24) is 15.1 Å². The summed E-state index contributed by atoms with van der Waals surface area (Å²) in [6.45, 7) is 3.99. The number of nitrogens with one attached hydrogen (secondary N) is 1. The summed E-state index contributed by atoms with van der Waals surface area (Å²) in [6, 6.07) is 7.75. The molecule has 2 aromatic carbocycles. The molecule has 3 aromatic rings. The zero-order valence-electron chi connectivity index (χ0n) is 19.2. The lowest BCUT2D eigenvalue weighted by molar-refractivity contribution is -0.385. The minimum atomic E-state index is -0.658. The van der Waals surface area contributed by atoms with Crippen molar-refractivity contribution in [3.63, 3.8) is 0 Å². The predicted octanol–water partition coefficient (Wildman–Crippen LogP) is 3.75. The number of hydrogen-bond donors (Lipinski definition) is 1. The number of benzene rings is 2. The van der Waals surface area contributed by atoms with Crippen LogP contribution in [0.25, 0.3) is 5.69 Å². The minimum absolute atomic E-state index is 0.132. The molecule has 0 aliphatic carbocycles. The maximum atomic E-state index is 13.2. The molecular weight excluding hydrogens is 447 g/mol. The first kappa shape index (κ1) is 24.6. The van der Waals surface area contributed by atoms with Gasteiger partial charge in [-0.1, -0.05) is 0 Å². The third-order valence-corrected chi connectivity index (χ3v) is 5.20. The van der Waals surface area contributed by atoms with Crippen molar-refractivity contribution in [3.05, 3.63) is 75.3 Å². The second-order valence-electron chi connectivity index (χ2n) is 7.39. The molecule has 0 fully saturated rings. The fourth-order valence-corrected chi connectivity index (χ4v) is 3.43. The van der Waals surface area contributed by atoms with Crippen LogP contribution in [0.1, 0.15) is 34.6 Å². The minimum Gasteiger partial charge on any atom is -0.493 e. The zero-order chi connectivity index (χ0) is 24.8. The number of methoxy groups -OCH3 is 2. The molecule has 10 nitrogen and oxygen atoms in total. The summed E-state index contributed by atoms with van der Waals surface area (Å²) in [4.78, 5) is 24.0. The second kappa shape index (κ2) is 10.8. The van der Waals surface area contributed by atoms with Crippen molar-refractivity contribution in [2.45, 2.75) is 19.9 Å². The van der Waals surface area contributed by atoms with Crippen molar-refractivity contribution in [2.24, 2.45) is 0 Å². The Labute approximate surface area is 195 Å². The molecule has 0 radical (unpaired) electrons. The van der Waals surface area contributed by atoms with E-state index < -0.39 is 22.6 Å². The van der Waals surface area contributed by atoms with Crippen LogP contribution in [-0.2, 0) is 4.74 Å². The number of nitro benzene ring substituents is 1. The van der Waals surface area contributed by atoms with Gasteiger partial charge in [0.15, 0.2) is 11.5 Å². The number of hydrogen-bond acceptors (Lipinski definition) is 7. The number of ether oxygens (including phenoxy) is 3. The number of rotatable bonds is 10. The molecular formula is C23H25FN4O6. The van der Waals surface area contributed by atoms with E-state index in [0.29, 0.717) is 11.3 Å². The monoisotopic (exact) mass is 472 g/mol. The van der Waals surface area contributed by atoms with Gasteiger partial charge in [0.05, 0.1) is 42.6 Å². The van der Waals surface area contributed by atoms with Crippen molar-refractivity contribution in [2.75, 3.05) is 27.4 Å². The molecule has 180 valence electrons. The quantitative estimate of drug-likeness (QED) is 0.271. The number of halogens is 1.